The minimum atomic E-state index is -0.953. The number of likely N-dealkylation sites (tertiary alicyclic amines) is 1. The molecule has 2 heterocycles. The first kappa shape index (κ1) is 16.4. The molecule has 0 aliphatic carbocycles. The highest BCUT2D eigenvalue weighted by Gasteiger charge is 2.47. The average Bonchev–Trinajstić information content (AvgIpc) is 3.05. The minimum absolute atomic E-state index is 0.228. The van der Waals surface area contributed by atoms with E-state index < -0.39 is 11.5 Å². The van der Waals surface area contributed by atoms with Gasteiger partial charge in [0.05, 0.1) is 6.61 Å². The smallest absolute Gasteiger partial charge is 0.331 e. The molecule has 0 spiro atoms. The third kappa shape index (κ3) is 3.11. The van der Waals surface area contributed by atoms with Gasteiger partial charge in [0.2, 0.25) is 5.91 Å². The lowest BCUT2D eigenvalue weighted by Gasteiger charge is -2.32. The maximum absolute atomic E-state index is 12.6. The Morgan fingerprint density at radius 3 is 2.86 bits per heavy atom. The number of anilines is 1. The Morgan fingerprint density at radius 1 is 1.50 bits per heavy atom. The van der Waals surface area contributed by atoms with Gasteiger partial charge in [-0.25, -0.2) is 9.78 Å². The number of carbonyl (C=O) groups is 3. The van der Waals surface area contributed by atoms with Gasteiger partial charge in [0.1, 0.15) is 11.2 Å². The minimum Gasteiger partial charge on any atom is -0.464 e. The van der Waals surface area contributed by atoms with Crippen molar-refractivity contribution in [3.05, 3.63) is 11.1 Å². The third-order valence-electron chi connectivity index (χ3n) is 3.61. The summed E-state index contributed by atoms with van der Waals surface area (Å²) < 4.78 is 5.10. The van der Waals surface area contributed by atoms with Crippen LogP contribution in [0.5, 0.6) is 0 Å². The van der Waals surface area contributed by atoms with E-state index in [0.29, 0.717) is 18.1 Å². The maximum atomic E-state index is 12.6. The number of ether oxygens (including phenoxy) is 1. The molecular weight excluding hydrogens is 306 g/mol. The van der Waals surface area contributed by atoms with E-state index in [-0.39, 0.29) is 24.1 Å². The van der Waals surface area contributed by atoms with Gasteiger partial charge >= 0.3 is 5.97 Å². The normalized spacial score (nSPS) is 20.8. The zero-order valence-electron chi connectivity index (χ0n) is 12.8. The van der Waals surface area contributed by atoms with Crippen molar-refractivity contribution in [1.29, 1.82) is 0 Å². The number of aromatic nitrogens is 1. The quantitative estimate of drug-likeness (QED) is 0.851. The summed E-state index contributed by atoms with van der Waals surface area (Å²) in [7, 11) is 0. The van der Waals surface area contributed by atoms with E-state index in [9.17, 15) is 14.4 Å². The number of carbonyl (C=O) groups excluding carboxylic acids is 3. The fourth-order valence-corrected chi connectivity index (χ4v) is 3.24. The van der Waals surface area contributed by atoms with Gasteiger partial charge in [-0.15, -0.1) is 11.3 Å². The summed E-state index contributed by atoms with van der Waals surface area (Å²) in [5.74, 6) is -0.954. The fourth-order valence-electron chi connectivity index (χ4n) is 2.51. The van der Waals surface area contributed by atoms with Gasteiger partial charge in [-0.2, -0.15) is 0 Å². The molecule has 1 aliphatic heterocycles. The molecule has 2 amide bonds. The first-order valence-corrected chi connectivity index (χ1v) is 7.98. The van der Waals surface area contributed by atoms with E-state index in [0.717, 1.165) is 6.42 Å². The van der Waals surface area contributed by atoms with Crippen molar-refractivity contribution < 1.29 is 19.1 Å². The van der Waals surface area contributed by atoms with Crippen molar-refractivity contribution in [2.24, 2.45) is 0 Å². The molecule has 22 heavy (non-hydrogen) atoms. The average molecular weight is 325 g/mol. The van der Waals surface area contributed by atoms with Gasteiger partial charge in [0, 0.05) is 18.8 Å². The Morgan fingerprint density at radius 2 is 2.23 bits per heavy atom. The summed E-state index contributed by atoms with van der Waals surface area (Å²) in [5.41, 5.74) is -0.726. The lowest BCUT2D eigenvalue weighted by atomic mass is 9.99. The van der Waals surface area contributed by atoms with E-state index in [2.05, 4.69) is 10.3 Å². The number of nitrogens with zero attached hydrogens (tertiary/aromatic N) is 2. The molecular formula is C14H19N3O4S. The molecule has 0 aromatic carbocycles. The molecule has 1 aromatic rings. The van der Waals surface area contributed by atoms with E-state index in [4.69, 9.17) is 4.74 Å². The number of nitrogens with one attached hydrogen (secondary N) is 1. The predicted octanol–water partition coefficient (Wildman–Crippen LogP) is 1.66. The molecule has 2 rings (SSSR count). The maximum Gasteiger partial charge on any atom is 0.331 e. The van der Waals surface area contributed by atoms with E-state index in [1.807, 2.05) is 0 Å². The van der Waals surface area contributed by atoms with E-state index >= 15 is 0 Å². The number of thiazole rings is 1. The summed E-state index contributed by atoms with van der Waals surface area (Å²) >= 11 is 1.18. The molecule has 1 fully saturated rings. The van der Waals surface area contributed by atoms with Gasteiger partial charge < -0.3 is 15.0 Å². The Kier molecular flexibility index (Phi) is 4.80. The van der Waals surface area contributed by atoms with Gasteiger partial charge in [-0.1, -0.05) is 0 Å². The lowest BCUT2D eigenvalue weighted by Crippen LogP contribution is -2.51. The molecule has 0 bridgehead atoms. The third-order valence-corrected chi connectivity index (χ3v) is 4.37. The largest absolute Gasteiger partial charge is 0.464 e. The number of rotatable bonds is 4. The van der Waals surface area contributed by atoms with Gasteiger partial charge in [0.25, 0.3) is 5.91 Å². The molecule has 1 saturated heterocycles. The highest BCUT2D eigenvalue weighted by molar-refractivity contribution is 7.14. The molecule has 0 radical (unpaired) electrons. The Balaban J connectivity index is 2.19. The molecule has 8 heteroatoms. The fraction of sp³-hybridized carbons (Fsp3) is 0.571. The second-order valence-corrected chi connectivity index (χ2v) is 6.13. The van der Waals surface area contributed by atoms with Crippen LogP contribution in [0.3, 0.4) is 0 Å². The van der Waals surface area contributed by atoms with E-state index in [1.165, 1.54) is 23.2 Å². The zero-order valence-corrected chi connectivity index (χ0v) is 13.7. The zero-order chi connectivity index (χ0) is 16.3. The molecule has 0 unspecified atom stereocenters. The lowest BCUT2D eigenvalue weighted by molar-refractivity contribution is -0.153. The standard InChI is InChI=1S/C14H19N3O4S/c1-4-21-12(20)14(3)6-5-7-17(14)11(19)10-8-22-13(16-10)15-9(2)18/h8H,4-7H2,1-3H3,(H,15,16,18)/t14-/m1/s1. The van der Waals surface area contributed by atoms with Gasteiger partial charge in [-0.3, -0.25) is 9.59 Å². The van der Waals surface area contributed by atoms with Crippen molar-refractivity contribution in [2.45, 2.75) is 39.2 Å². The number of hydrogen-bond donors (Lipinski definition) is 1. The van der Waals surface area contributed by atoms with Crippen LogP contribution in [0.25, 0.3) is 0 Å². The van der Waals surface area contributed by atoms with Crippen molar-refractivity contribution >= 4 is 34.3 Å². The SMILES string of the molecule is CCOC(=O)[C@@]1(C)CCCN1C(=O)c1csc(NC(C)=O)n1. The van der Waals surface area contributed by atoms with Crippen LogP contribution < -0.4 is 5.32 Å². The van der Waals surface area contributed by atoms with Crippen LogP contribution in [0.4, 0.5) is 5.13 Å². The Hall–Kier alpha value is -1.96. The summed E-state index contributed by atoms with van der Waals surface area (Å²) in [4.78, 5) is 41.4. The number of esters is 1. The Bertz CT molecular complexity index is 601. The van der Waals surface area contributed by atoms with Gasteiger partial charge in [0.15, 0.2) is 5.13 Å². The van der Waals surface area contributed by atoms with Crippen LogP contribution in [0.1, 0.15) is 44.1 Å². The molecule has 1 aromatic heterocycles. The molecule has 120 valence electrons. The van der Waals surface area contributed by atoms with Crippen LogP contribution in [-0.2, 0) is 14.3 Å². The predicted molar refractivity (Wildman–Crippen MR) is 81.7 cm³/mol. The van der Waals surface area contributed by atoms with Crippen molar-refractivity contribution in [3.63, 3.8) is 0 Å². The first-order chi connectivity index (χ1) is 10.4. The van der Waals surface area contributed by atoms with Crippen LogP contribution in [0.15, 0.2) is 5.38 Å². The molecule has 0 saturated carbocycles. The van der Waals surface area contributed by atoms with Crippen molar-refractivity contribution in [1.82, 2.24) is 9.88 Å². The summed E-state index contributed by atoms with van der Waals surface area (Å²) in [6.07, 6.45) is 1.31. The first-order valence-electron chi connectivity index (χ1n) is 7.10. The van der Waals surface area contributed by atoms with Crippen LogP contribution in [0.2, 0.25) is 0 Å². The van der Waals surface area contributed by atoms with Crippen LogP contribution in [0, 0.1) is 0 Å². The van der Waals surface area contributed by atoms with Crippen LogP contribution in [-0.4, -0.2) is 46.4 Å². The molecule has 1 N–H and O–H groups in total. The van der Waals surface area contributed by atoms with E-state index in [1.54, 1.807) is 19.2 Å². The van der Waals surface area contributed by atoms with Crippen molar-refractivity contribution in [3.8, 4) is 0 Å². The molecule has 1 aliphatic rings. The highest BCUT2D eigenvalue weighted by atomic mass is 32.1. The summed E-state index contributed by atoms with van der Waals surface area (Å²) in [6, 6.07) is 0. The second-order valence-electron chi connectivity index (χ2n) is 5.27. The van der Waals surface area contributed by atoms with Crippen LogP contribution >= 0.6 is 11.3 Å². The monoisotopic (exact) mass is 325 g/mol. The summed E-state index contributed by atoms with van der Waals surface area (Å²) in [6.45, 7) is 5.60. The summed E-state index contributed by atoms with van der Waals surface area (Å²) in [5, 5.41) is 4.49. The molecule has 7 nitrogen and oxygen atoms in total. The number of amides is 2. The molecule has 1 atom stereocenters. The number of hydrogen-bond acceptors (Lipinski definition) is 6. The topological polar surface area (TPSA) is 88.6 Å². The van der Waals surface area contributed by atoms with Crippen molar-refractivity contribution in [2.75, 3.05) is 18.5 Å². The highest BCUT2D eigenvalue weighted by Crippen LogP contribution is 2.32. The van der Waals surface area contributed by atoms with Gasteiger partial charge in [-0.05, 0) is 26.7 Å². The Labute approximate surface area is 132 Å². The second kappa shape index (κ2) is 6.43.